The molecule has 0 saturated heterocycles. The number of rotatable bonds is 0. The predicted octanol–water partition coefficient (Wildman–Crippen LogP) is -6.90. The van der Waals surface area contributed by atoms with Gasteiger partial charge in [0.05, 0.1) is 0 Å². The van der Waals surface area contributed by atoms with Crippen LogP contribution in [0.4, 0.5) is 0 Å². The molecule has 0 aromatic heterocycles. The van der Waals surface area contributed by atoms with Gasteiger partial charge in [-0.15, -0.1) is 0 Å². The van der Waals surface area contributed by atoms with Crippen molar-refractivity contribution in [2.45, 2.75) is 0 Å². The van der Waals surface area contributed by atoms with Crippen molar-refractivity contribution < 1.29 is 97.4 Å². The Morgan fingerprint density at radius 2 is 0.667 bits per heavy atom. The van der Waals surface area contributed by atoms with Crippen LogP contribution in [0, 0.1) is 0 Å². The van der Waals surface area contributed by atoms with Crippen LogP contribution in [0.2, 0.25) is 0 Å². The maximum absolute atomic E-state index is 0. The van der Waals surface area contributed by atoms with Crippen LogP contribution in [-0.2, 0) is 0 Å². The zero-order valence-corrected chi connectivity index (χ0v) is 11.4. The SMILES string of the molecule is [Ca+2].[K+].[Na+].[OH-].[OH-].[OH-]. The fourth-order valence-corrected chi connectivity index (χ4v) is 0. The Balaban J connectivity index is 0. The first kappa shape index (κ1) is 52.8. The minimum atomic E-state index is 0. The van der Waals surface area contributed by atoms with Crippen molar-refractivity contribution in [2.75, 3.05) is 0 Å². The zero-order valence-electron chi connectivity index (χ0n) is 4.05. The summed E-state index contributed by atoms with van der Waals surface area (Å²) in [5.74, 6) is 0. The molecule has 0 amide bonds. The van der Waals surface area contributed by atoms with Crippen LogP contribution in [0.1, 0.15) is 0 Å². The van der Waals surface area contributed by atoms with Gasteiger partial charge in [-0.05, 0) is 0 Å². The van der Waals surface area contributed by atoms with E-state index in [1.807, 2.05) is 0 Å². The van der Waals surface area contributed by atoms with Crippen LogP contribution < -0.4 is 80.9 Å². The summed E-state index contributed by atoms with van der Waals surface area (Å²) in [7, 11) is 0. The van der Waals surface area contributed by atoms with Crippen molar-refractivity contribution in [2.24, 2.45) is 0 Å². The molecule has 0 aromatic rings. The van der Waals surface area contributed by atoms with Gasteiger partial charge in [0.2, 0.25) is 0 Å². The molecule has 24 valence electrons. The van der Waals surface area contributed by atoms with Gasteiger partial charge in [0, 0.05) is 0 Å². The molecule has 0 atom stereocenters. The molecule has 0 radical (unpaired) electrons. The average Bonchev–Trinajstić information content (AvgIpc) is 0. The third-order valence-electron chi connectivity index (χ3n) is 0. The van der Waals surface area contributed by atoms with Crippen molar-refractivity contribution in [3.63, 3.8) is 0 Å². The van der Waals surface area contributed by atoms with Crippen molar-refractivity contribution >= 4 is 37.7 Å². The van der Waals surface area contributed by atoms with Crippen molar-refractivity contribution in [1.82, 2.24) is 0 Å². The summed E-state index contributed by atoms with van der Waals surface area (Å²) in [6.45, 7) is 0. The Kier molecular flexibility index (Phi) is 328. The van der Waals surface area contributed by atoms with E-state index in [-0.39, 0.29) is 135 Å². The number of hydrogen-bond acceptors (Lipinski definition) is 3. The van der Waals surface area contributed by atoms with E-state index in [1.165, 1.54) is 0 Å². The summed E-state index contributed by atoms with van der Waals surface area (Å²) in [5, 5.41) is 0. The molecule has 6 heavy (non-hydrogen) atoms. The Bertz CT molecular complexity index is 10.8. The topological polar surface area (TPSA) is 90.0 Å². The summed E-state index contributed by atoms with van der Waals surface area (Å²) in [6, 6.07) is 0. The van der Waals surface area contributed by atoms with Crippen LogP contribution in [0.3, 0.4) is 0 Å². The van der Waals surface area contributed by atoms with Crippen molar-refractivity contribution in [3.8, 4) is 0 Å². The van der Waals surface area contributed by atoms with Crippen molar-refractivity contribution in [3.05, 3.63) is 0 Å². The third-order valence-corrected chi connectivity index (χ3v) is 0. The van der Waals surface area contributed by atoms with Gasteiger partial charge in [0.25, 0.3) is 0 Å². The van der Waals surface area contributed by atoms with E-state index in [4.69, 9.17) is 0 Å². The summed E-state index contributed by atoms with van der Waals surface area (Å²) in [4.78, 5) is 0. The maximum atomic E-state index is 0. The Labute approximate surface area is 131 Å². The van der Waals surface area contributed by atoms with Gasteiger partial charge in [-0.1, -0.05) is 0 Å². The molecular formula is H3CaKNaO3+. The summed E-state index contributed by atoms with van der Waals surface area (Å²) in [5.41, 5.74) is 0. The monoisotopic (exact) mass is 153 g/mol. The van der Waals surface area contributed by atoms with Crippen LogP contribution >= 0.6 is 0 Å². The van der Waals surface area contributed by atoms with Gasteiger partial charge >= 0.3 is 119 Å². The quantitative estimate of drug-likeness (QED) is 0.324. The van der Waals surface area contributed by atoms with Gasteiger partial charge in [0.1, 0.15) is 0 Å². The summed E-state index contributed by atoms with van der Waals surface area (Å²) < 4.78 is 0. The standard InChI is InChI=1S/Ca.K.Na.3H2O/h;;;3*1H2/q+2;2*+1;;;/p-3. The molecule has 0 heterocycles. The van der Waals surface area contributed by atoms with E-state index in [0.29, 0.717) is 0 Å². The van der Waals surface area contributed by atoms with E-state index in [1.54, 1.807) is 0 Å². The second-order valence-corrected chi connectivity index (χ2v) is 0. The second-order valence-electron chi connectivity index (χ2n) is 0. The Morgan fingerprint density at radius 1 is 0.667 bits per heavy atom. The molecule has 0 aliphatic rings. The fourth-order valence-electron chi connectivity index (χ4n) is 0. The van der Waals surface area contributed by atoms with Gasteiger partial charge in [-0.3, -0.25) is 0 Å². The molecule has 3 N–H and O–H groups in total. The molecule has 0 aliphatic carbocycles. The second kappa shape index (κ2) is 37.2. The third kappa shape index (κ3) is 25.0. The molecule has 0 bridgehead atoms. The van der Waals surface area contributed by atoms with Gasteiger partial charge in [0.15, 0.2) is 0 Å². The molecule has 0 spiro atoms. The molecule has 0 aliphatic heterocycles. The van der Waals surface area contributed by atoms with E-state index >= 15 is 0 Å². The minimum absolute atomic E-state index is 0. The summed E-state index contributed by atoms with van der Waals surface area (Å²) in [6.07, 6.45) is 0. The molecule has 0 fully saturated rings. The molecule has 0 aromatic carbocycles. The van der Waals surface area contributed by atoms with Crippen LogP contribution in [0.5, 0.6) is 0 Å². The first-order valence-electron chi connectivity index (χ1n) is 0. The van der Waals surface area contributed by atoms with Crippen molar-refractivity contribution in [1.29, 1.82) is 0 Å². The van der Waals surface area contributed by atoms with Crippen LogP contribution in [0.25, 0.3) is 0 Å². The molecular weight excluding hydrogens is 150 g/mol. The normalized spacial score (nSPS) is 0. The van der Waals surface area contributed by atoms with Crippen LogP contribution in [-0.4, -0.2) is 54.2 Å². The van der Waals surface area contributed by atoms with Gasteiger partial charge < -0.3 is 16.4 Å². The van der Waals surface area contributed by atoms with Gasteiger partial charge in [-0.25, -0.2) is 0 Å². The van der Waals surface area contributed by atoms with Gasteiger partial charge in [-0.2, -0.15) is 0 Å². The molecule has 3 nitrogen and oxygen atoms in total. The Hall–Kier alpha value is 3.78. The van der Waals surface area contributed by atoms with E-state index in [9.17, 15) is 0 Å². The van der Waals surface area contributed by atoms with E-state index in [2.05, 4.69) is 0 Å². The average molecular weight is 153 g/mol. The molecule has 6 heteroatoms. The van der Waals surface area contributed by atoms with E-state index < -0.39 is 0 Å². The number of hydrogen-bond donors (Lipinski definition) is 0. The molecule has 0 rings (SSSR count). The zero-order chi connectivity index (χ0) is 0. The smallest absolute Gasteiger partial charge is 0.870 e. The summed E-state index contributed by atoms with van der Waals surface area (Å²) >= 11 is 0. The molecule has 0 unspecified atom stereocenters. The predicted molar refractivity (Wildman–Crippen MR) is 11.6 cm³/mol. The largest absolute Gasteiger partial charge is 2.00 e. The molecule has 0 saturated carbocycles. The van der Waals surface area contributed by atoms with E-state index in [0.717, 1.165) is 0 Å². The Morgan fingerprint density at radius 3 is 0.667 bits per heavy atom. The first-order chi connectivity index (χ1) is 0. The maximum Gasteiger partial charge on any atom is 2.00 e. The fraction of sp³-hybridized carbons (Fsp3) is 0. The first-order valence-corrected chi connectivity index (χ1v) is 0. The van der Waals surface area contributed by atoms with Crippen LogP contribution in [0.15, 0.2) is 0 Å². The minimum Gasteiger partial charge on any atom is -0.870 e.